The Morgan fingerprint density at radius 1 is 1.06 bits per heavy atom. The second-order valence-electron chi connectivity index (χ2n) is 7.41. The van der Waals surface area contributed by atoms with Gasteiger partial charge in [0.05, 0.1) is 12.2 Å². The molecule has 164 valence electrons. The monoisotopic (exact) mass is 494 g/mol. The van der Waals surface area contributed by atoms with Gasteiger partial charge in [0.1, 0.15) is 11.5 Å². The van der Waals surface area contributed by atoms with Gasteiger partial charge in [0.2, 0.25) is 0 Å². The second-order valence-corrected chi connectivity index (χ2v) is 8.33. The fourth-order valence-corrected chi connectivity index (χ4v) is 3.66. The van der Waals surface area contributed by atoms with Crippen molar-refractivity contribution in [3.63, 3.8) is 0 Å². The molecule has 0 fully saturated rings. The van der Waals surface area contributed by atoms with Crippen LogP contribution in [0.1, 0.15) is 18.1 Å². The maximum atomic E-state index is 12.6. The van der Waals surface area contributed by atoms with Crippen molar-refractivity contribution in [3.05, 3.63) is 82.3 Å². The summed E-state index contributed by atoms with van der Waals surface area (Å²) < 4.78 is 12.1. The fourth-order valence-electron chi connectivity index (χ4n) is 3.39. The van der Waals surface area contributed by atoms with Crippen LogP contribution in [0.25, 0.3) is 0 Å². The van der Waals surface area contributed by atoms with E-state index < -0.39 is 0 Å². The van der Waals surface area contributed by atoms with Crippen LogP contribution in [0.3, 0.4) is 0 Å². The van der Waals surface area contributed by atoms with Crippen LogP contribution >= 0.6 is 15.9 Å². The molecule has 0 unspecified atom stereocenters. The van der Waals surface area contributed by atoms with E-state index in [1.165, 1.54) is 5.56 Å². The van der Waals surface area contributed by atoms with Crippen molar-refractivity contribution in [2.24, 2.45) is 0 Å². The molecule has 0 saturated carbocycles. The number of aryl methyl sites for hydroxylation is 1. The molecule has 4 rings (SSSR count). The zero-order valence-electron chi connectivity index (χ0n) is 17.6. The molecule has 1 N–H and O–H groups in total. The van der Waals surface area contributed by atoms with Gasteiger partial charge in [-0.15, -0.1) is 0 Å². The van der Waals surface area contributed by atoms with Crippen molar-refractivity contribution in [3.8, 4) is 11.5 Å². The van der Waals surface area contributed by atoms with Gasteiger partial charge in [0.15, 0.2) is 13.2 Å². The first-order valence-electron chi connectivity index (χ1n) is 10.3. The molecule has 3 aromatic rings. The number of hydrogen-bond donors (Lipinski definition) is 1. The molecule has 2 amide bonds. The third-order valence-corrected chi connectivity index (χ3v) is 5.67. The molecule has 1 aliphatic rings. The molecule has 3 aromatic carbocycles. The summed E-state index contributed by atoms with van der Waals surface area (Å²) in [7, 11) is 0. The van der Waals surface area contributed by atoms with Gasteiger partial charge in [-0.1, -0.05) is 47.1 Å². The first-order valence-corrected chi connectivity index (χ1v) is 11.1. The van der Waals surface area contributed by atoms with E-state index in [9.17, 15) is 9.59 Å². The number of carbonyl (C=O) groups is 2. The lowest BCUT2D eigenvalue weighted by Gasteiger charge is -2.30. The predicted molar refractivity (Wildman–Crippen MR) is 127 cm³/mol. The molecule has 0 aliphatic carbocycles. The third-order valence-electron chi connectivity index (χ3n) is 5.14. The molecule has 7 heteroatoms. The highest BCUT2D eigenvalue weighted by molar-refractivity contribution is 9.10. The normalized spacial score (nSPS) is 12.7. The van der Waals surface area contributed by atoms with Gasteiger partial charge in [-0.25, -0.2) is 0 Å². The van der Waals surface area contributed by atoms with E-state index >= 15 is 0 Å². The molecular formula is C25H23BrN2O4. The zero-order valence-corrected chi connectivity index (χ0v) is 19.2. The second kappa shape index (κ2) is 9.87. The average Bonchev–Trinajstić information content (AvgIpc) is 2.81. The predicted octanol–water partition coefficient (Wildman–Crippen LogP) is 4.95. The summed E-state index contributed by atoms with van der Waals surface area (Å²) in [6.45, 7) is 2.37. The maximum absolute atomic E-state index is 12.6. The molecule has 1 heterocycles. The van der Waals surface area contributed by atoms with Crippen LogP contribution in [0.2, 0.25) is 0 Å². The van der Waals surface area contributed by atoms with Crippen molar-refractivity contribution in [2.45, 2.75) is 19.9 Å². The summed E-state index contributed by atoms with van der Waals surface area (Å²) in [5.74, 6) is 0.823. The number of anilines is 2. The van der Waals surface area contributed by atoms with Gasteiger partial charge < -0.3 is 19.7 Å². The maximum Gasteiger partial charge on any atom is 0.265 e. The Hall–Kier alpha value is -3.32. The van der Waals surface area contributed by atoms with Crippen molar-refractivity contribution in [1.82, 2.24) is 0 Å². The lowest BCUT2D eigenvalue weighted by molar-refractivity contribution is -0.121. The Morgan fingerprint density at radius 2 is 1.78 bits per heavy atom. The zero-order chi connectivity index (χ0) is 22.5. The van der Waals surface area contributed by atoms with Crippen molar-refractivity contribution in [1.29, 1.82) is 0 Å². The molecule has 6 nitrogen and oxygen atoms in total. The summed E-state index contributed by atoms with van der Waals surface area (Å²) in [4.78, 5) is 26.6. The lowest BCUT2D eigenvalue weighted by atomic mass is 10.1. The SMILES string of the molecule is CCc1ccc(OCC(=O)Nc2ccc3c(c2)N(Cc2ccc(Br)cc2)C(=O)CO3)cc1. The lowest BCUT2D eigenvalue weighted by Crippen LogP contribution is -2.38. The van der Waals surface area contributed by atoms with E-state index in [0.717, 1.165) is 16.5 Å². The number of fused-ring (bicyclic) bond motifs is 1. The van der Waals surface area contributed by atoms with Crippen LogP contribution < -0.4 is 19.7 Å². The number of halogens is 1. The van der Waals surface area contributed by atoms with Gasteiger partial charge in [-0.05, 0) is 60.0 Å². The van der Waals surface area contributed by atoms with Crippen molar-refractivity contribution < 1.29 is 19.1 Å². The van der Waals surface area contributed by atoms with Crippen LogP contribution in [0.4, 0.5) is 11.4 Å². The number of carbonyl (C=O) groups excluding carboxylic acids is 2. The largest absolute Gasteiger partial charge is 0.484 e. The molecule has 0 aromatic heterocycles. The molecule has 0 atom stereocenters. The Labute approximate surface area is 195 Å². The molecular weight excluding hydrogens is 472 g/mol. The number of benzene rings is 3. The van der Waals surface area contributed by atoms with E-state index in [4.69, 9.17) is 9.47 Å². The summed E-state index contributed by atoms with van der Waals surface area (Å²) in [6.07, 6.45) is 0.949. The highest BCUT2D eigenvalue weighted by atomic mass is 79.9. The Kier molecular flexibility index (Phi) is 6.75. The summed E-state index contributed by atoms with van der Waals surface area (Å²) in [5, 5.41) is 2.83. The third kappa shape index (κ3) is 5.29. The van der Waals surface area contributed by atoms with Gasteiger partial charge in [-0.2, -0.15) is 0 Å². The molecule has 0 saturated heterocycles. The molecule has 32 heavy (non-hydrogen) atoms. The number of amides is 2. The average molecular weight is 495 g/mol. The fraction of sp³-hybridized carbons (Fsp3) is 0.200. The van der Waals surface area contributed by atoms with Crippen molar-refractivity contribution in [2.75, 3.05) is 23.4 Å². The Bertz CT molecular complexity index is 1110. The van der Waals surface area contributed by atoms with E-state index in [1.54, 1.807) is 23.1 Å². The highest BCUT2D eigenvalue weighted by Crippen LogP contribution is 2.35. The highest BCUT2D eigenvalue weighted by Gasteiger charge is 2.26. The molecule has 1 aliphatic heterocycles. The molecule has 0 spiro atoms. The minimum atomic E-state index is -0.285. The van der Waals surface area contributed by atoms with Gasteiger partial charge >= 0.3 is 0 Å². The topological polar surface area (TPSA) is 67.9 Å². The first kappa shape index (κ1) is 21.9. The minimum absolute atomic E-state index is 0.0140. The summed E-state index contributed by atoms with van der Waals surface area (Å²) >= 11 is 3.42. The molecule has 0 bridgehead atoms. The number of nitrogens with zero attached hydrogens (tertiary/aromatic N) is 1. The number of hydrogen-bond acceptors (Lipinski definition) is 4. The van der Waals surface area contributed by atoms with E-state index in [2.05, 4.69) is 28.2 Å². The molecule has 0 radical (unpaired) electrons. The van der Waals surface area contributed by atoms with Gasteiger partial charge in [-0.3, -0.25) is 9.59 Å². The van der Waals surface area contributed by atoms with Crippen molar-refractivity contribution >= 4 is 39.1 Å². The van der Waals surface area contributed by atoms with E-state index in [-0.39, 0.29) is 25.0 Å². The first-order chi connectivity index (χ1) is 15.5. The number of rotatable bonds is 7. The van der Waals surface area contributed by atoms with Gasteiger partial charge in [0, 0.05) is 10.2 Å². The summed E-state index contributed by atoms with van der Waals surface area (Å²) in [6, 6.07) is 20.7. The Morgan fingerprint density at radius 3 is 2.50 bits per heavy atom. The number of ether oxygens (including phenoxy) is 2. The van der Waals surface area contributed by atoms with Crippen LogP contribution in [0, 0.1) is 0 Å². The standard InChI is InChI=1S/C25H23BrN2O4/c1-2-17-5-10-21(11-6-17)31-15-24(29)27-20-9-12-23-22(13-20)28(25(30)16-32-23)14-18-3-7-19(26)8-4-18/h3-13H,2,14-16H2,1H3,(H,27,29). The summed E-state index contributed by atoms with van der Waals surface area (Å²) in [5.41, 5.74) is 3.39. The van der Waals surface area contributed by atoms with Crippen LogP contribution in [-0.2, 0) is 22.6 Å². The quantitative estimate of drug-likeness (QED) is 0.504. The van der Waals surface area contributed by atoms with E-state index in [1.807, 2.05) is 48.5 Å². The van der Waals surface area contributed by atoms with E-state index in [0.29, 0.717) is 29.4 Å². The Balaban J connectivity index is 1.44. The van der Waals surface area contributed by atoms with Crippen LogP contribution in [-0.4, -0.2) is 25.0 Å². The number of nitrogens with one attached hydrogen (secondary N) is 1. The van der Waals surface area contributed by atoms with Gasteiger partial charge in [0.25, 0.3) is 11.8 Å². The minimum Gasteiger partial charge on any atom is -0.484 e. The van der Waals surface area contributed by atoms with Crippen LogP contribution in [0.5, 0.6) is 11.5 Å². The smallest absolute Gasteiger partial charge is 0.265 e. The van der Waals surface area contributed by atoms with Crippen LogP contribution in [0.15, 0.2) is 71.2 Å².